The Morgan fingerprint density at radius 1 is 1.54 bits per heavy atom. The first-order chi connectivity index (χ1) is 11.3. The summed E-state index contributed by atoms with van der Waals surface area (Å²) in [5, 5.41) is 4.12. The summed E-state index contributed by atoms with van der Waals surface area (Å²) in [6, 6.07) is -1.00. The molecule has 11 heteroatoms. The maximum absolute atomic E-state index is 12.3. The summed E-state index contributed by atoms with van der Waals surface area (Å²) in [6.45, 7) is 0.291. The average Bonchev–Trinajstić information content (AvgIpc) is 3.05. The molecule has 0 saturated carbocycles. The van der Waals surface area contributed by atoms with Crippen LogP contribution in [0.2, 0.25) is 0 Å². The molecule has 2 amide bonds. The lowest BCUT2D eigenvalue weighted by atomic mass is 10.2. The zero-order chi connectivity index (χ0) is 18.0. The molecule has 0 bridgehead atoms. The molecule has 132 valence electrons. The number of carbonyl (C=O) groups excluding carboxylic acids is 2. The van der Waals surface area contributed by atoms with Crippen molar-refractivity contribution in [3.8, 4) is 0 Å². The normalized spacial score (nSPS) is 20.6. The molecule has 0 aromatic carbocycles. The maximum Gasteiger partial charge on any atom is 0.345 e. The first-order valence-electron chi connectivity index (χ1n) is 6.92. The minimum atomic E-state index is -2.94. The highest BCUT2D eigenvalue weighted by atomic mass is 79.9. The third kappa shape index (κ3) is 3.56. The number of carbonyl (C=O) groups is 2. The molecule has 8 nitrogen and oxygen atoms in total. The van der Waals surface area contributed by atoms with E-state index in [1.807, 2.05) is 0 Å². The van der Waals surface area contributed by atoms with Crippen LogP contribution in [0, 0.1) is 0 Å². The molecule has 24 heavy (non-hydrogen) atoms. The molecule has 1 aliphatic heterocycles. The van der Waals surface area contributed by atoms with Crippen LogP contribution in [-0.4, -0.2) is 52.3 Å². The Morgan fingerprint density at radius 3 is 2.71 bits per heavy atom. The van der Waals surface area contributed by atoms with Gasteiger partial charge in [-0.05, 0) is 28.4 Å². The minimum Gasteiger partial charge on any atom is -0.383 e. The van der Waals surface area contributed by atoms with Crippen molar-refractivity contribution in [1.29, 1.82) is 0 Å². The number of primary amides is 1. The standard InChI is InChI=1S/C13H16BrF2N5O3/c1-2-8(22)20-4-6(3-7(20)5-24-13(15)16)21-11(17)9(12(18)23)10(14)19-21/h2,6-7,13H,1,3-5,17H2,(H2,18,23)/t6?,7-/m1/s1. The fraction of sp³-hybridized carbons (Fsp3) is 0.462. The van der Waals surface area contributed by atoms with Crippen LogP contribution < -0.4 is 11.5 Å². The lowest BCUT2D eigenvalue weighted by Gasteiger charge is -2.22. The van der Waals surface area contributed by atoms with Crippen LogP contribution in [0.4, 0.5) is 14.6 Å². The van der Waals surface area contributed by atoms with Crippen molar-refractivity contribution in [1.82, 2.24) is 14.7 Å². The molecular weight excluding hydrogens is 392 g/mol. The molecule has 2 atom stereocenters. The molecule has 2 rings (SSSR count). The number of rotatable bonds is 6. The van der Waals surface area contributed by atoms with Crippen LogP contribution in [0.25, 0.3) is 0 Å². The zero-order valence-electron chi connectivity index (χ0n) is 12.5. The molecule has 4 N–H and O–H groups in total. The van der Waals surface area contributed by atoms with E-state index in [-0.39, 0.29) is 35.6 Å². The number of hydrogen-bond donors (Lipinski definition) is 2. The Bertz CT molecular complexity index is 666. The number of aromatic nitrogens is 2. The highest BCUT2D eigenvalue weighted by Gasteiger charge is 2.38. The van der Waals surface area contributed by atoms with Gasteiger partial charge in [-0.15, -0.1) is 0 Å². The number of nitrogen functional groups attached to an aromatic ring is 1. The highest BCUT2D eigenvalue weighted by molar-refractivity contribution is 9.10. The van der Waals surface area contributed by atoms with Crippen LogP contribution in [-0.2, 0) is 9.53 Å². The Hall–Kier alpha value is -2.01. The molecular formula is C13H16BrF2N5O3. The first kappa shape index (κ1) is 18.3. The van der Waals surface area contributed by atoms with Gasteiger partial charge in [-0.2, -0.15) is 13.9 Å². The highest BCUT2D eigenvalue weighted by Crippen LogP contribution is 2.32. The van der Waals surface area contributed by atoms with Crippen molar-refractivity contribution in [3.63, 3.8) is 0 Å². The second-order valence-corrected chi connectivity index (χ2v) is 5.94. The average molecular weight is 408 g/mol. The summed E-state index contributed by atoms with van der Waals surface area (Å²) in [7, 11) is 0. The van der Waals surface area contributed by atoms with E-state index >= 15 is 0 Å². The molecule has 1 unspecified atom stereocenters. The fourth-order valence-corrected chi connectivity index (χ4v) is 3.29. The second-order valence-electron chi connectivity index (χ2n) is 5.19. The largest absolute Gasteiger partial charge is 0.383 e. The number of anilines is 1. The maximum atomic E-state index is 12.3. The molecule has 2 heterocycles. The molecule has 1 aromatic rings. The van der Waals surface area contributed by atoms with E-state index in [2.05, 4.69) is 32.3 Å². The van der Waals surface area contributed by atoms with Gasteiger partial charge in [0.25, 0.3) is 5.91 Å². The summed E-state index contributed by atoms with van der Waals surface area (Å²) in [5.74, 6) is -1.12. The molecule has 1 fully saturated rings. The smallest absolute Gasteiger partial charge is 0.345 e. The topological polar surface area (TPSA) is 116 Å². The number of halogens is 3. The first-order valence-corrected chi connectivity index (χ1v) is 7.71. The van der Waals surface area contributed by atoms with Crippen molar-refractivity contribution in [2.75, 3.05) is 18.9 Å². The third-order valence-electron chi connectivity index (χ3n) is 3.76. The number of alkyl halides is 2. The molecule has 1 saturated heterocycles. The Morgan fingerprint density at radius 2 is 2.21 bits per heavy atom. The van der Waals surface area contributed by atoms with Crippen LogP contribution in [0.15, 0.2) is 17.3 Å². The SMILES string of the molecule is C=CC(=O)N1CC(n2nc(Br)c(C(N)=O)c2N)C[C@@H]1COC(F)F. The molecule has 0 spiro atoms. The number of nitrogens with two attached hydrogens (primary N) is 2. The number of hydrogen-bond acceptors (Lipinski definition) is 5. The van der Waals surface area contributed by atoms with E-state index < -0.39 is 30.5 Å². The molecule has 0 aliphatic carbocycles. The van der Waals surface area contributed by atoms with Crippen molar-refractivity contribution in [2.24, 2.45) is 5.73 Å². The van der Waals surface area contributed by atoms with E-state index in [1.54, 1.807) is 0 Å². The lowest BCUT2D eigenvalue weighted by Crippen LogP contribution is -2.37. The monoisotopic (exact) mass is 407 g/mol. The van der Waals surface area contributed by atoms with Gasteiger partial charge in [-0.25, -0.2) is 4.68 Å². The Labute approximate surface area is 144 Å². The van der Waals surface area contributed by atoms with E-state index in [4.69, 9.17) is 11.5 Å². The predicted octanol–water partition coefficient (Wildman–Crippen LogP) is 0.894. The summed E-state index contributed by atoms with van der Waals surface area (Å²) in [5.41, 5.74) is 11.2. The van der Waals surface area contributed by atoms with Gasteiger partial charge in [-0.3, -0.25) is 9.59 Å². The molecule has 1 aliphatic rings. The van der Waals surface area contributed by atoms with Gasteiger partial charge >= 0.3 is 6.61 Å². The number of amides is 2. The second kappa shape index (κ2) is 7.26. The zero-order valence-corrected chi connectivity index (χ0v) is 14.1. The van der Waals surface area contributed by atoms with Crippen LogP contribution in [0.3, 0.4) is 0 Å². The summed E-state index contributed by atoms with van der Waals surface area (Å²) in [6.07, 6.45) is 1.37. The van der Waals surface area contributed by atoms with Crippen molar-refractivity contribution in [3.05, 3.63) is 22.8 Å². The van der Waals surface area contributed by atoms with E-state index in [1.165, 1.54) is 9.58 Å². The fourth-order valence-electron chi connectivity index (χ4n) is 2.72. The van der Waals surface area contributed by atoms with Crippen LogP contribution >= 0.6 is 15.9 Å². The van der Waals surface area contributed by atoms with Crippen molar-refractivity contribution < 1.29 is 23.1 Å². The van der Waals surface area contributed by atoms with Gasteiger partial charge in [0, 0.05) is 6.54 Å². The molecule has 0 radical (unpaired) electrons. The summed E-state index contributed by atoms with van der Waals surface area (Å²) < 4.78 is 30.4. The number of likely N-dealkylation sites (tertiary alicyclic amines) is 1. The third-order valence-corrected chi connectivity index (χ3v) is 4.32. The van der Waals surface area contributed by atoms with E-state index in [9.17, 15) is 18.4 Å². The predicted molar refractivity (Wildman–Crippen MR) is 84.2 cm³/mol. The van der Waals surface area contributed by atoms with E-state index in [0.717, 1.165) is 6.08 Å². The number of nitrogens with zero attached hydrogens (tertiary/aromatic N) is 3. The molecule has 1 aromatic heterocycles. The van der Waals surface area contributed by atoms with Crippen molar-refractivity contribution in [2.45, 2.75) is 25.1 Å². The van der Waals surface area contributed by atoms with Gasteiger partial charge in [0.05, 0.1) is 18.7 Å². The van der Waals surface area contributed by atoms with Crippen LogP contribution in [0.5, 0.6) is 0 Å². The Balaban J connectivity index is 2.26. The van der Waals surface area contributed by atoms with Gasteiger partial charge < -0.3 is 21.1 Å². The Kier molecular flexibility index (Phi) is 5.54. The summed E-state index contributed by atoms with van der Waals surface area (Å²) >= 11 is 3.10. The van der Waals surface area contributed by atoms with Gasteiger partial charge in [-0.1, -0.05) is 6.58 Å². The van der Waals surface area contributed by atoms with Crippen molar-refractivity contribution >= 4 is 33.6 Å². The minimum absolute atomic E-state index is 0.0314. The van der Waals surface area contributed by atoms with Gasteiger partial charge in [0.1, 0.15) is 16.0 Å². The lowest BCUT2D eigenvalue weighted by molar-refractivity contribution is -0.146. The van der Waals surface area contributed by atoms with Gasteiger partial charge in [0.15, 0.2) is 0 Å². The quantitative estimate of drug-likeness (QED) is 0.679. The number of ether oxygens (including phenoxy) is 1. The summed E-state index contributed by atoms with van der Waals surface area (Å²) in [4.78, 5) is 24.7. The van der Waals surface area contributed by atoms with Gasteiger partial charge in [0.2, 0.25) is 5.91 Å². The van der Waals surface area contributed by atoms with Crippen LogP contribution in [0.1, 0.15) is 22.8 Å². The van der Waals surface area contributed by atoms with E-state index in [0.29, 0.717) is 0 Å².